The van der Waals surface area contributed by atoms with Crippen LogP contribution in [0.25, 0.3) is 11.1 Å². The third kappa shape index (κ3) is 5.17. The number of furan rings is 1. The predicted octanol–water partition coefficient (Wildman–Crippen LogP) is 4.19. The molecule has 2 aromatic carbocycles. The Morgan fingerprint density at radius 1 is 1.18 bits per heavy atom. The summed E-state index contributed by atoms with van der Waals surface area (Å²) in [7, 11) is 1.69. The van der Waals surface area contributed by atoms with Gasteiger partial charge in [0.2, 0.25) is 11.1 Å². The van der Waals surface area contributed by atoms with Gasteiger partial charge in [-0.25, -0.2) is 0 Å². The van der Waals surface area contributed by atoms with E-state index in [2.05, 4.69) is 17.2 Å². The van der Waals surface area contributed by atoms with E-state index in [1.807, 2.05) is 30.3 Å². The molecule has 1 atom stereocenters. The normalized spacial score (nSPS) is 11.6. The van der Waals surface area contributed by atoms with Crippen molar-refractivity contribution in [1.82, 2.24) is 9.88 Å². The number of aliphatic hydroxyl groups excluding tert-OH is 1. The van der Waals surface area contributed by atoms with Crippen LogP contribution in [-0.4, -0.2) is 15.6 Å². The Morgan fingerprint density at radius 3 is 2.64 bits per heavy atom. The molecule has 0 bridgehead atoms. The van der Waals surface area contributed by atoms with Crippen LogP contribution in [0, 0.1) is 11.8 Å². The van der Waals surface area contributed by atoms with Crippen LogP contribution >= 0.6 is 11.6 Å². The molecular formula is C26H21ClN2O4. The Labute approximate surface area is 195 Å². The first kappa shape index (κ1) is 22.4. The van der Waals surface area contributed by atoms with Crippen molar-refractivity contribution in [2.24, 2.45) is 7.05 Å². The van der Waals surface area contributed by atoms with E-state index in [1.165, 1.54) is 12.3 Å². The van der Waals surface area contributed by atoms with E-state index < -0.39 is 17.4 Å². The monoisotopic (exact) mass is 460 g/mol. The maximum atomic E-state index is 12.9. The Hall–Kier alpha value is -3.79. The van der Waals surface area contributed by atoms with Crippen molar-refractivity contribution < 1.29 is 14.3 Å². The second-order valence-corrected chi connectivity index (χ2v) is 7.99. The number of carbonyl (C=O) groups excluding carboxylic acids is 1. The van der Waals surface area contributed by atoms with Crippen LogP contribution < -0.4 is 10.7 Å². The van der Waals surface area contributed by atoms with Crippen molar-refractivity contribution in [2.75, 3.05) is 0 Å². The maximum absolute atomic E-state index is 12.9. The van der Waals surface area contributed by atoms with Gasteiger partial charge in [0, 0.05) is 37.3 Å². The Kier molecular flexibility index (Phi) is 6.64. The minimum absolute atomic E-state index is 0.0128. The van der Waals surface area contributed by atoms with Gasteiger partial charge in [0.1, 0.15) is 5.56 Å². The molecule has 0 spiro atoms. The average Bonchev–Trinajstić information content (AvgIpc) is 3.26. The van der Waals surface area contributed by atoms with Gasteiger partial charge in [0.05, 0.1) is 11.5 Å². The second-order valence-electron chi connectivity index (χ2n) is 7.55. The zero-order valence-corrected chi connectivity index (χ0v) is 18.6. The molecule has 0 fully saturated rings. The minimum Gasteiger partial charge on any atom is -0.431 e. The Balaban J connectivity index is 1.52. The molecule has 0 aliphatic heterocycles. The first-order valence-electron chi connectivity index (χ1n) is 10.3. The van der Waals surface area contributed by atoms with E-state index in [-0.39, 0.29) is 29.7 Å². The molecule has 0 saturated heterocycles. The van der Waals surface area contributed by atoms with Gasteiger partial charge >= 0.3 is 0 Å². The Bertz CT molecular complexity index is 1410. The van der Waals surface area contributed by atoms with E-state index in [9.17, 15) is 14.7 Å². The van der Waals surface area contributed by atoms with Gasteiger partial charge in [0.15, 0.2) is 5.76 Å². The van der Waals surface area contributed by atoms with Crippen LogP contribution in [0.1, 0.15) is 39.8 Å². The number of hydrogen-bond donors (Lipinski definition) is 2. The zero-order chi connectivity index (χ0) is 23.4. The quantitative estimate of drug-likeness (QED) is 0.437. The number of fused-ring (bicyclic) bond motifs is 1. The molecule has 4 rings (SSSR count). The maximum Gasteiger partial charge on any atom is 0.257 e. The van der Waals surface area contributed by atoms with Gasteiger partial charge in [-0.2, -0.15) is 0 Å². The summed E-state index contributed by atoms with van der Waals surface area (Å²) in [4.78, 5) is 25.6. The van der Waals surface area contributed by atoms with Crippen LogP contribution in [-0.2, 0) is 13.6 Å². The van der Waals surface area contributed by atoms with Gasteiger partial charge in [-0.05, 0) is 29.2 Å². The van der Waals surface area contributed by atoms with E-state index in [0.29, 0.717) is 10.7 Å². The SMILES string of the molecule is Cn1cc(C(=O)NCc2ccc(Cl)cc2)c(=O)c2cc(C#CC[C@@H](O)c3ccccc3)oc21. The molecule has 4 aromatic rings. The molecule has 2 aromatic heterocycles. The van der Waals surface area contributed by atoms with Crippen molar-refractivity contribution in [3.63, 3.8) is 0 Å². The highest BCUT2D eigenvalue weighted by Crippen LogP contribution is 2.18. The summed E-state index contributed by atoms with van der Waals surface area (Å²) < 4.78 is 7.29. The number of benzene rings is 2. The number of aliphatic hydroxyl groups is 1. The standard InChI is InChI=1S/C26H21ClN2O4/c1-29-16-22(25(32)28-15-17-10-12-19(27)13-11-17)24(31)21-14-20(33-26(21)29)8-5-9-23(30)18-6-3-2-4-7-18/h2-4,6-7,10-14,16,23,30H,9,15H2,1H3,(H,28,32)/t23-/m1/s1. The third-order valence-electron chi connectivity index (χ3n) is 5.15. The highest BCUT2D eigenvalue weighted by molar-refractivity contribution is 6.30. The number of rotatable bonds is 5. The number of halogens is 1. The number of amides is 1. The zero-order valence-electron chi connectivity index (χ0n) is 17.8. The Morgan fingerprint density at radius 2 is 1.91 bits per heavy atom. The number of aryl methyl sites for hydroxylation is 1. The first-order chi connectivity index (χ1) is 15.9. The minimum atomic E-state index is -0.717. The molecule has 0 aliphatic carbocycles. The van der Waals surface area contributed by atoms with E-state index in [0.717, 1.165) is 11.1 Å². The summed E-state index contributed by atoms with van der Waals surface area (Å²) in [6.07, 6.45) is 0.947. The fourth-order valence-electron chi connectivity index (χ4n) is 3.39. The molecule has 0 radical (unpaired) electrons. The molecular weight excluding hydrogens is 440 g/mol. The fraction of sp³-hybridized carbons (Fsp3) is 0.154. The molecule has 7 heteroatoms. The predicted molar refractivity (Wildman–Crippen MR) is 127 cm³/mol. The summed E-state index contributed by atoms with van der Waals surface area (Å²) in [5, 5.41) is 13.9. The summed E-state index contributed by atoms with van der Waals surface area (Å²) in [6, 6.07) is 17.8. The van der Waals surface area contributed by atoms with E-state index in [1.54, 1.807) is 35.9 Å². The van der Waals surface area contributed by atoms with Crippen LogP contribution in [0.3, 0.4) is 0 Å². The number of pyridine rings is 1. The van der Waals surface area contributed by atoms with Crippen molar-refractivity contribution >= 4 is 28.6 Å². The molecule has 2 heterocycles. The molecule has 0 unspecified atom stereocenters. The number of aromatic nitrogens is 1. The lowest BCUT2D eigenvalue weighted by Gasteiger charge is -2.07. The second kappa shape index (κ2) is 9.78. The highest BCUT2D eigenvalue weighted by Gasteiger charge is 2.17. The molecule has 0 saturated carbocycles. The van der Waals surface area contributed by atoms with Crippen LogP contribution in [0.15, 0.2) is 76.1 Å². The van der Waals surface area contributed by atoms with E-state index >= 15 is 0 Å². The van der Waals surface area contributed by atoms with Crippen molar-refractivity contribution in [1.29, 1.82) is 0 Å². The summed E-state index contributed by atoms with van der Waals surface area (Å²) in [5.41, 5.74) is 1.54. The summed E-state index contributed by atoms with van der Waals surface area (Å²) >= 11 is 5.88. The van der Waals surface area contributed by atoms with Crippen LogP contribution in [0.5, 0.6) is 0 Å². The van der Waals surface area contributed by atoms with Crippen molar-refractivity contribution in [3.05, 3.63) is 105 Å². The molecule has 1 amide bonds. The topological polar surface area (TPSA) is 84.5 Å². The van der Waals surface area contributed by atoms with Gasteiger partial charge < -0.3 is 19.4 Å². The van der Waals surface area contributed by atoms with Gasteiger partial charge in [0.25, 0.3) is 5.91 Å². The van der Waals surface area contributed by atoms with E-state index in [4.69, 9.17) is 16.0 Å². The van der Waals surface area contributed by atoms with Crippen LogP contribution in [0.4, 0.5) is 0 Å². The molecule has 6 nitrogen and oxygen atoms in total. The molecule has 166 valence electrons. The molecule has 2 N–H and O–H groups in total. The van der Waals surface area contributed by atoms with Gasteiger partial charge in [-0.15, -0.1) is 0 Å². The number of nitrogens with one attached hydrogen (secondary N) is 1. The van der Waals surface area contributed by atoms with Gasteiger partial charge in [-0.3, -0.25) is 9.59 Å². The third-order valence-corrected chi connectivity index (χ3v) is 5.40. The molecule has 0 aliphatic rings. The number of carbonyl (C=O) groups is 1. The smallest absolute Gasteiger partial charge is 0.257 e. The van der Waals surface area contributed by atoms with Crippen molar-refractivity contribution in [2.45, 2.75) is 19.1 Å². The number of hydrogen-bond acceptors (Lipinski definition) is 4. The largest absolute Gasteiger partial charge is 0.431 e. The van der Waals surface area contributed by atoms with Crippen LogP contribution in [0.2, 0.25) is 5.02 Å². The number of nitrogens with zero attached hydrogens (tertiary/aromatic N) is 1. The van der Waals surface area contributed by atoms with Crippen molar-refractivity contribution in [3.8, 4) is 11.8 Å². The average molecular weight is 461 g/mol. The summed E-state index contributed by atoms with van der Waals surface area (Å²) in [6.45, 7) is 0.267. The first-order valence-corrected chi connectivity index (χ1v) is 10.7. The lowest BCUT2D eigenvalue weighted by atomic mass is 10.1. The highest BCUT2D eigenvalue weighted by atomic mass is 35.5. The fourth-order valence-corrected chi connectivity index (χ4v) is 3.52. The lowest BCUT2D eigenvalue weighted by Crippen LogP contribution is -2.29. The lowest BCUT2D eigenvalue weighted by molar-refractivity contribution is 0.0949. The van der Waals surface area contributed by atoms with Gasteiger partial charge in [-0.1, -0.05) is 60.0 Å². The summed E-state index contributed by atoms with van der Waals surface area (Å²) in [5.74, 6) is 5.54. The molecule has 33 heavy (non-hydrogen) atoms.